The van der Waals surface area contributed by atoms with Crippen LogP contribution in [0.25, 0.3) is 0 Å². The van der Waals surface area contributed by atoms with Gasteiger partial charge in [0.1, 0.15) is 13.2 Å². The van der Waals surface area contributed by atoms with Crippen LogP contribution in [-0.2, 0) is 23.9 Å². The van der Waals surface area contributed by atoms with E-state index in [0.717, 1.165) is 0 Å². The van der Waals surface area contributed by atoms with E-state index in [1.807, 2.05) is 20.8 Å². The van der Waals surface area contributed by atoms with Gasteiger partial charge in [-0.1, -0.05) is 25.3 Å². The molecular weight excluding hydrogens is 298 g/mol. The Labute approximate surface area is 137 Å². The number of amides is 1. The van der Waals surface area contributed by atoms with E-state index in [0.29, 0.717) is 0 Å². The Morgan fingerprint density at radius 1 is 0.957 bits per heavy atom. The predicted octanol–water partition coefficient (Wildman–Crippen LogP) is 2.00. The zero-order valence-electron chi connectivity index (χ0n) is 14.6. The molecule has 0 radical (unpaired) electrons. The first kappa shape index (κ1) is 20.9. The molecule has 1 amide bonds. The maximum absolute atomic E-state index is 12.5. The van der Waals surface area contributed by atoms with Crippen molar-refractivity contribution in [1.29, 1.82) is 0 Å². The van der Waals surface area contributed by atoms with Crippen molar-refractivity contribution >= 4 is 17.8 Å². The standard InChI is InChI=1S/C17H27NO5/c1-8-10-22-13(19)12(14(20)23-11-9-2)17(6,7)15(21)18-16(3,4)5/h8-9,12H,1-2,10-11H2,3-7H3,(H,18,21). The average molecular weight is 325 g/mol. The number of hydrogen-bond acceptors (Lipinski definition) is 5. The van der Waals surface area contributed by atoms with Crippen LogP contribution < -0.4 is 5.32 Å². The molecule has 0 unspecified atom stereocenters. The summed E-state index contributed by atoms with van der Waals surface area (Å²) in [5, 5.41) is 2.77. The second kappa shape index (κ2) is 8.50. The summed E-state index contributed by atoms with van der Waals surface area (Å²) in [6.45, 7) is 15.2. The molecule has 0 rings (SSSR count). The summed E-state index contributed by atoms with van der Waals surface area (Å²) in [5.41, 5.74) is -1.85. The lowest BCUT2D eigenvalue weighted by Gasteiger charge is -2.33. The highest BCUT2D eigenvalue weighted by molar-refractivity contribution is 6.01. The van der Waals surface area contributed by atoms with Crippen LogP contribution in [-0.4, -0.2) is 36.6 Å². The quantitative estimate of drug-likeness (QED) is 0.419. The van der Waals surface area contributed by atoms with E-state index in [1.165, 1.54) is 26.0 Å². The summed E-state index contributed by atoms with van der Waals surface area (Å²) >= 11 is 0. The Bertz CT molecular complexity index is 450. The van der Waals surface area contributed by atoms with Gasteiger partial charge in [-0.25, -0.2) is 0 Å². The van der Waals surface area contributed by atoms with Crippen LogP contribution in [0, 0.1) is 11.3 Å². The minimum absolute atomic E-state index is 0.0545. The Balaban J connectivity index is 5.48. The maximum atomic E-state index is 12.5. The van der Waals surface area contributed by atoms with Gasteiger partial charge in [-0.3, -0.25) is 14.4 Å². The summed E-state index contributed by atoms with van der Waals surface area (Å²) in [5.74, 6) is -3.48. The molecule has 23 heavy (non-hydrogen) atoms. The summed E-state index contributed by atoms with van der Waals surface area (Å²) in [6, 6.07) is 0. The lowest BCUT2D eigenvalue weighted by Crippen LogP contribution is -2.53. The molecule has 0 fully saturated rings. The van der Waals surface area contributed by atoms with Crippen molar-refractivity contribution in [2.75, 3.05) is 13.2 Å². The number of nitrogens with one attached hydrogen (secondary N) is 1. The smallest absolute Gasteiger partial charge is 0.321 e. The predicted molar refractivity (Wildman–Crippen MR) is 87.5 cm³/mol. The Kier molecular flexibility index (Phi) is 7.72. The highest BCUT2D eigenvalue weighted by Crippen LogP contribution is 2.30. The van der Waals surface area contributed by atoms with Gasteiger partial charge >= 0.3 is 11.9 Å². The lowest BCUT2D eigenvalue weighted by atomic mass is 9.77. The van der Waals surface area contributed by atoms with Gasteiger partial charge in [0, 0.05) is 5.54 Å². The van der Waals surface area contributed by atoms with Gasteiger partial charge in [0.2, 0.25) is 5.91 Å². The molecule has 0 saturated carbocycles. The molecule has 1 N–H and O–H groups in total. The van der Waals surface area contributed by atoms with Crippen molar-refractivity contribution in [3.05, 3.63) is 25.3 Å². The SMILES string of the molecule is C=CCOC(=O)C(C(=O)OCC=C)C(C)(C)C(=O)NC(C)(C)C. The van der Waals surface area contributed by atoms with Gasteiger partial charge in [0.05, 0.1) is 5.41 Å². The van der Waals surface area contributed by atoms with Crippen molar-refractivity contribution in [2.24, 2.45) is 11.3 Å². The summed E-state index contributed by atoms with van der Waals surface area (Å²) in [7, 11) is 0. The molecule has 0 aliphatic carbocycles. The van der Waals surface area contributed by atoms with Crippen LogP contribution in [0.3, 0.4) is 0 Å². The van der Waals surface area contributed by atoms with E-state index in [1.54, 1.807) is 0 Å². The van der Waals surface area contributed by atoms with Gasteiger partial charge in [-0.2, -0.15) is 0 Å². The van der Waals surface area contributed by atoms with E-state index >= 15 is 0 Å². The van der Waals surface area contributed by atoms with Crippen LogP contribution >= 0.6 is 0 Å². The van der Waals surface area contributed by atoms with E-state index < -0.39 is 34.7 Å². The van der Waals surface area contributed by atoms with E-state index in [-0.39, 0.29) is 13.2 Å². The molecule has 0 aromatic rings. The number of rotatable bonds is 8. The summed E-state index contributed by atoms with van der Waals surface area (Å²) in [4.78, 5) is 37.0. The topological polar surface area (TPSA) is 81.7 Å². The average Bonchev–Trinajstić information content (AvgIpc) is 2.40. The third-order valence-corrected chi connectivity index (χ3v) is 2.95. The summed E-state index contributed by atoms with van der Waals surface area (Å²) in [6.07, 6.45) is 2.76. The number of hydrogen-bond donors (Lipinski definition) is 1. The van der Waals surface area contributed by atoms with Crippen LogP contribution in [0.4, 0.5) is 0 Å². The van der Waals surface area contributed by atoms with Crippen LogP contribution in [0.2, 0.25) is 0 Å². The molecular formula is C17H27NO5. The van der Waals surface area contributed by atoms with Crippen LogP contribution in [0.15, 0.2) is 25.3 Å². The van der Waals surface area contributed by atoms with Gasteiger partial charge in [0.15, 0.2) is 5.92 Å². The fourth-order valence-electron chi connectivity index (χ4n) is 1.77. The fraction of sp³-hybridized carbons (Fsp3) is 0.588. The number of carbonyl (C=O) groups is 3. The van der Waals surface area contributed by atoms with Gasteiger partial charge in [-0.15, -0.1) is 0 Å². The van der Waals surface area contributed by atoms with Gasteiger partial charge < -0.3 is 14.8 Å². The van der Waals surface area contributed by atoms with Crippen molar-refractivity contribution < 1.29 is 23.9 Å². The molecule has 0 aliphatic heterocycles. The van der Waals surface area contributed by atoms with Gasteiger partial charge in [-0.05, 0) is 34.6 Å². The molecule has 130 valence electrons. The third kappa shape index (κ3) is 6.67. The molecule has 6 nitrogen and oxygen atoms in total. The third-order valence-electron chi connectivity index (χ3n) is 2.95. The Morgan fingerprint density at radius 3 is 1.65 bits per heavy atom. The van der Waals surface area contributed by atoms with Crippen molar-refractivity contribution in [1.82, 2.24) is 5.32 Å². The van der Waals surface area contributed by atoms with Crippen molar-refractivity contribution in [3.63, 3.8) is 0 Å². The normalized spacial score (nSPS) is 11.6. The molecule has 0 saturated heterocycles. The minimum Gasteiger partial charge on any atom is -0.461 e. The second-order valence-corrected chi connectivity index (χ2v) is 6.70. The largest absolute Gasteiger partial charge is 0.461 e. The molecule has 0 heterocycles. The molecule has 0 aliphatic rings. The summed E-state index contributed by atoms with van der Waals surface area (Å²) < 4.78 is 9.91. The second-order valence-electron chi connectivity index (χ2n) is 6.70. The van der Waals surface area contributed by atoms with Crippen LogP contribution in [0.5, 0.6) is 0 Å². The molecule has 0 bridgehead atoms. The van der Waals surface area contributed by atoms with E-state index in [4.69, 9.17) is 9.47 Å². The Morgan fingerprint density at radius 2 is 1.35 bits per heavy atom. The number of esters is 2. The molecule has 0 aromatic carbocycles. The lowest BCUT2D eigenvalue weighted by molar-refractivity contribution is -0.170. The molecule has 0 spiro atoms. The first-order chi connectivity index (χ1) is 10.5. The highest BCUT2D eigenvalue weighted by Gasteiger charge is 2.48. The number of carbonyl (C=O) groups excluding carboxylic acids is 3. The van der Waals surface area contributed by atoms with E-state index in [9.17, 15) is 14.4 Å². The molecule has 0 aromatic heterocycles. The van der Waals surface area contributed by atoms with E-state index in [2.05, 4.69) is 18.5 Å². The Hall–Kier alpha value is -2.11. The highest BCUT2D eigenvalue weighted by atomic mass is 16.6. The number of ether oxygens (including phenoxy) is 2. The minimum atomic E-state index is -1.38. The molecule has 0 atom stereocenters. The molecule has 6 heteroatoms. The monoisotopic (exact) mass is 325 g/mol. The zero-order valence-corrected chi connectivity index (χ0v) is 14.6. The maximum Gasteiger partial charge on any atom is 0.321 e. The fourth-order valence-corrected chi connectivity index (χ4v) is 1.77. The van der Waals surface area contributed by atoms with Crippen molar-refractivity contribution in [3.8, 4) is 0 Å². The van der Waals surface area contributed by atoms with Crippen molar-refractivity contribution in [2.45, 2.75) is 40.2 Å². The van der Waals surface area contributed by atoms with Crippen LogP contribution in [0.1, 0.15) is 34.6 Å². The first-order valence-corrected chi connectivity index (χ1v) is 7.35. The first-order valence-electron chi connectivity index (χ1n) is 7.35. The zero-order chi connectivity index (χ0) is 18.3. The van der Waals surface area contributed by atoms with Gasteiger partial charge in [0.25, 0.3) is 0 Å².